The van der Waals surface area contributed by atoms with E-state index in [-0.39, 0.29) is 0 Å². The molecule has 3 atom stereocenters. The predicted molar refractivity (Wildman–Crippen MR) is 158 cm³/mol. The van der Waals surface area contributed by atoms with Gasteiger partial charge in [0.05, 0.1) is 0 Å². The van der Waals surface area contributed by atoms with E-state index in [0.717, 1.165) is 43.4 Å². The molecule has 0 bridgehead atoms. The first-order valence-corrected chi connectivity index (χ1v) is 16.1. The van der Waals surface area contributed by atoms with Crippen LogP contribution in [0.4, 0.5) is 0 Å². The van der Waals surface area contributed by atoms with Gasteiger partial charge < -0.3 is 5.11 Å². The number of rotatable bonds is 18. The summed E-state index contributed by atoms with van der Waals surface area (Å²) in [5.74, 6) is 3.23. The van der Waals surface area contributed by atoms with Gasteiger partial charge in [0.1, 0.15) is 5.75 Å². The van der Waals surface area contributed by atoms with Crippen molar-refractivity contribution in [1.82, 2.24) is 0 Å². The molecule has 3 unspecified atom stereocenters. The van der Waals surface area contributed by atoms with Gasteiger partial charge in [-0.1, -0.05) is 106 Å². The third kappa shape index (κ3) is 10.3. The number of hydrogen-bond donors (Lipinski definition) is 1. The molecule has 1 aromatic carbocycles. The molecule has 0 fully saturated rings. The van der Waals surface area contributed by atoms with E-state index in [1.54, 1.807) is 0 Å². The highest BCUT2D eigenvalue weighted by molar-refractivity contribution is 8.01. The minimum absolute atomic E-state index is 0.295. The van der Waals surface area contributed by atoms with Gasteiger partial charge in [-0.15, -0.1) is 11.8 Å². The summed E-state index contributed by atoms with van der Waals surface area (Å²) >= 11 is 2.11. The minimum Gasteiger partial charge on any atom is -0.507 e. The van der Waals surface area contributed by atoms with Crippen molar-refractivity contribution in [2.24, 2.45) is 17.8 Å². The molecule has 1 aliphatic heterocycles. The highest BCUT2D eigenvalue weighted by Crippen LogP contribution is 2.51. The Morgan fingerprint density at radius 3 is 2.00 bits per heavy atom. The molecule has 2 heteroatoms. The second-order valence-corrected chi connectivity index (χ2v) is 14.3. The largest absolute Gasteiger partial charge is 0.507 e. The normalized spacial score (nSPS) is 19.3. The quantitative estimate of drug-likeness (QED) is 0.215. The Kier molecular flexibility index (Phi) is 13.6. The molecule has 1 heterocycles. The molecule has 1 aromatic rings. The van der Waals surface area contributed by atoms with Crippen molar-refractivity contribution >= 4 is 11.8 Å². The van der Waals surface area contributed by atoms with Gasteiger partial charge >= 0.3 is 0 Å². The molecule has 0 aliphatic carbocycles. The van der Waals surface area contributed by atoms with Crippen molar-refractivity contribution in [3.05, 3.63) is 22.8 Å². The fourth-order valence-corrected chi connectivity index (χ4v) is 7.40. The molecular formula is C33H58OS. The number of fused-ring (bicyclic) bond motifs is 1. The molecule has 0 amide bonds. The van der Waals surface area contributed by atoms with Gasteiger partial charge in [0.25, 0.3) is 0 Å². The molecule has 1 N–H and O–H groups in total. The van der Waals surface area contributed by atoms with Crippen LogP contribution in [0.25, 0.3) is 0 Å². The van der Waals surface area contributed by atoms with Crippen LogP contribution >= 0.6 is 11.8 Å². The summed E-state index contributed by atoms with van der Waals surface area (Å²) in [4.78, 5) is 1.47. The summed E-state index contributed by atoms with van der Waals surface area (Å²) in [5, 5.41) is 11.1. The Morgan fingerprint density at radius 1 is 0.829 bits per heavy atom. The number of hydrogen-bond acceptors (Lipinski definition) is 2. The second kappa shape index (κ2) is 15.6. The maximum Gasteiger partial charge on any atom is 0.122 e. The molecular weight excluding hydrogens is 444 g/mol. The topological polar surface area (TPSA) is 20.2 Å². The molecule has 2 rings (SSSR count). The summed E-state index contributed by atoms with van der Waals surface area (Å²) in [6.07, 6.45) is 20.3. The molecule has 0 radical (unpaired) electrons. The van der Waals surface area contributed by atoms with Gasteiger partial charge in [-0.25, -0.2) is 0 Å². The smallest absolute Gasteiger partial charge is 0.122 e. The third-order valence-corrected chi connectivity index (χ3v) is 9.74. The SMILES string of the molecule is CCCCc1cc2c(c(CCCC)c1O)CC(C)(CCCC(C)CCCC(C)CCCC(C)C)S2. The number of phenolic OH excluding ortho intramolecular Hbond substituents is 1. The summed E-state index contributed by atoms with van der Waals surface area (Å²) < 4.78 is 0.295. The summed E-state index contributed by atoms with van der Waals surface area (Å²) in [6, 6.07) is 2.34. The molecule has 0 saturated heterocycles. The molecule has 1 nitrogen and oxygen atoms in total. The van der Waals surface area contributed by atoms with Crippen LogP contribution in [0, 0.1) is 17.8 Å². The maximum atomic E-state index is 11.1. The lowest BCUT2D eigenvalue weighted by molar-refractivity contribution is 0.382. The van der Waals surface area contributed by atoms with Gasteiger partial charge in [-0.05, 0) is 86.0 Å². The van der Waals surface area contributed by atoms with Crippen LogP contribution in [0.15, 0.2) is 11.0 Å². The van der Waals surface area contributed by atoms with Crippen LogP contribution in [0.5, 0.6) is 5.75 Å². The van der Waals surface area contributed by atoms with Gasteiger partial charge in [-0.3, -0.25) is 0 Å². The highest BCUT2D eigenvalue weighted by Gasteiger charge is 2.36. The average molecular weight is 503 g/mol. The fourth-order valence-electron chi connectivity index (χ4n) is 5.88. The summed E-state index contributed by atoms with van der Waals surface area (Å²) in [6.45, 7) is 16.6. The van der Waals surface area contributed by atoms with Crippen LogP contribution in [-0.4, -0.2) is 9.85 Å². The van der Waals surface area contributed by atoms with Gasteiger partial charge in [0.2, 0.25) is 0 Å². The van der Waals surface area contributed by atoms with Crippen LogP contribution in [0.1, 0.15) is 149 Å². The molecule has 202 valence electrons. The zero-order chi connectivity index (χ0) is 25.8. The number of aromatic hydroxyl groups is 1. The van der Waals surface area contributed by atoms with Crippen molar-refractivity contribution in [3.8, 4) is 5.75 Å². The molecule has 0 spiro atoms. The Balaban J connectivity index is 1.83. The van der Waals surface area contributed by atoms with Crippen LogP contribution in [0.2, 0.25) is 0 Å². The molecule has 0 saturated carbocycles. The fraction of sp³-hybridized carbons (Fsp3) is 0.818. The highest BCUT2D eigenvalue weighted by atomic mass is 32.2. The second-order valence-electron chi connectivity index (χ2n) is 12.6. The van der Waals surface area contributed by atoms with E-state index in [1.807, 2.05) is 0 Å². The molecule has 0 aromatic heterocycles. The van der Waals surface area contributed by atoms with E-state index >= 15 is 0 Å². The van der Waals surface area contributed by atoms with E-state index in [4.69, 9.17) is 0 Å². The van der Waals surface area contributed by atoms with Crippen molar-refractivity contribution < 1.29 is 5.11 Å². The van der Waals surface area contributed by atoms with Crippen molar-refractivity contribution in [1.29, 1.82) is 0 Å². The monoisotopic (exact) mass is 502 g/mol. The average Bonchev–Trinajstić information content (AvgIpc) is 3.12. The number of benzene rings is 1. The summed E-state index contributed by atoms with van der Waals surface area (Å²) in [5.41, 5.74) is 3.95. The van der Waals surface area contributed by atoms with E-state index in [0.29, 0.717) is 10.5 Å². The first-order chi connectivity index (χ1) is 16.7. The minimum atomic E-state index is 0.295. The summed E-state index contributed by atoms with van der Waals surface area (Å²) in [7, 11) is 0. The lowest BCUT2D eigenvalue weighted by Gasteiger charge is -2.23. The number of unbranched alkanes of at least 4 members (excludes halogenated alkanes) is 2. The lowest BCUT2D eigenvalue weighted by atomic mass is 9.87. The van der Waals surface area contributed by atoms with Crippen LogP contribution in [-0.2, 0) is 19.3 Å². The van der Waals surface area contributed by atoms with Gasteiger partial charge in [0, 0.05) is 9.64 Å². The van der Waals surface area contributed by atoms with Crippen molar-refractivity contribution in [2.45, 2.75) is 161 Å². The lowest BCUT2D eigenvalue weighted by Crippen LogP contribution is -2.19. The van der Waals surface area contributed by atoms with Crippen molar-refractivity contribution in [3.63, 3.8) is 0 Å². The zero-order valence-electron chi connectivity index (χ0n) is 24.5. The number of phenols is 1. The Bertz CT molecular complexity index is 739. The number of thioether (sulfide) groups is 1. The van der Waals surface area contributed by atoms with Crippen molar-refractivity contribution in [2.75, 3.05) is 0 Å². The first-order valence-electron chi connectivity index (χ1n) is 15.2. The third-order valence-electron chi connectivity index (χ3n) is 8.32. The first kappa shape index (κ1) is 30.6. The maximum absolute atomic E-state index is 11.1. The van der Waals surface area contributed by atoms with E-state index < -0.39 is 0 Å². The Hall–Kier alpha value is -0.630. The van der Waals surface area contributed by atoms with E-state index in [2.05, 4.69) is 66.3 Å². The van der Waals surface area contributed by atoms with E-state index in [1.165, 1.54) is 98.6 Å². The zero-order valence-corrected chi connectivity index (χ0v) is 25.3. The standard InChI is InChI=1S/C33H58OS/c1-8-10-20-28-23-31-30(29(32(28)34)21-11-9-2)24-33(7,35-31)22-14-19-27(6)18-13-17-26(5)16-12-15-25(3)4/h23,25-27,34H,8-22,24H2,1-7H3. The van der Waals surface area contributed by atoms with Crippen LogP contribution < -0.4 is 0 Å². The van der Waals surface area contributed by atoms with Crippen LogP contribution in [0.3, 0.4) is 0 Å². The van der Waals surface area contributed by atoms with Gasteiger partial charge in [-0.2, -0.15) is 0 Å². The number of aryl methyl sites for hydroxylation is 1. The predicted octanol–water partition coefficient (Wildman–Crippen LogP) is 10.9. The van der Waals surface area contributed by atoms with Gasteiger partial charge in [0.15, 0.2) is 0 Å². The Labute approximate surface area is 223 Å². The molecule has 35 heavy (non-hydrogen) atoms. The van der Waals surface area contributed by atoms with E-state index in [9.17, 15) is 5.11 Å². The Morgan fingerprint density at radius 2 is 1.40 bits per heavy atom. The molecule has 1 aliphatic rings.